The second-order valence-electron chi connectivity index (χ2n) is 4.62. The van der Waals surface area contributed by atoms with Crippen LogP contribution in [0.1, 0.15) is 24.5 Å². The lowest BCUT2D eigenvalue weighted by Gasteiger charge is -2.24. The minimum Gasteiger partial charge on any atom is -0.493 e. The summed E-state index contributed by atoms with van der Waals surface area (Å²) in [6, 6.07) is 5.36. The van der Waals surface area contributed by atoms with Crippen molar-refractivity contribution >= 4 is 0 Å². The van der Waals surface area contributed by atoms with Crippen LogP contribution in [0, 0.1) is 0 Å². The summed E-state index contributed by atoms with van der Waals surface area (Å²) in [5.41, 5.74) is 6.20. The fraction of sp³-hybridized carbons (Fsp3) is 0.571. The maximum atomic E-state index is 9.78. The summed E-state index contributed by atoms with van der Waals surface area (Å²) in [4.78, 5) is 0. The molecule has 19 heavy (non-hydrogen) atoms. The van der Waals surface area contributed by atoms with Crippen LogP contribution < -0.4 is 15.2 Å². The third-order valence-electron chi connectivity index (χ3n) is 3.21. The fourth-order valence-corrected chi connectivity index (χ4v) is 2.11. The Kier molecular flexibility index (Phi) is 5.01. The molecular formula is C14H21NO4. The number of aliphatic hydroxyl groups excluding tert-OH is 1. The molecule has 0 spiro atoms. The molecule has 2 rings (SSSR count). The molecule has 3 N–H and O–H groups in total. The van der Waals surface area contributed by atoms with Crippen LogP contribution in [0.25, 0.3) is 0 Å². The zero-order chi connectivity index (χ0) is 13.7. The maximum absolute atomic E-state index is 9.78. The SMILES string of the molecule is COc1ccc(C(O)CN)cc1OC1CCCOC1. The van der Waals surface area contributed by atoms with Gasteiger partial charge in [0.2, 0.25) is 0 Å². The molecular weight excluding hydrogens is 246 g/mol. The zero-order valence-corrected chi connectivity index (χ0v) is 11.2. The number of nitrogens with two attached hydrogens (primary N) is 1. The Morgan fingerprint density at radius 2 is 2.32 bits per heavy atom. The minimum atomic E-state index is -0.684. The summed E-state index contributed by atoms with van der Waals surface area (Å²) in [7, 11) is 1.60. The molecule has 1 aliphatic rings. The second-order valence-corrected chi connectivity index (χ2v) is 4.62. The summed E-state index contributed by atoms with van der Waals surface area (Å²) >= 11 is 0. The van der Waals surface area contributed by atoms with Crippen LogP contribution in [-0.4, -0.2) is 38.1 Å². The van der Waals surface area contributed by atoms with Crippen molar-refractivity contribution < 1.29 is 19.3 Å². The van der Waals surface area contributed by atoms with E-state index in [1.165, 1.54) is 0 Å². The third kappa shape index (κ3) is 3.59. The van der Waals surface area contributed by atoms with E-state index in [-0.39, 0.29) is 12.6 Å². The maximum Gasteiger partial charge on any atom is 0.162 e. The third-order valence-corrected chi connectivity index (χ3v) is 3.21. The highest BCUT2D eigenvalue weighted by atomic mass is 16.5. The Labute approximate surface area is 113 Å². The van der Waals surface area contributed by atoms with Crippen LogP contribution in [-0.2, 0) is 4.74 Å². The molecule has 5 nitrogen and oxygen atoms in total. The quantitative estimate of drug-likeness (QED) is 0.839. The van der Waals surface area contributed by atoms with Gasteiger partial charge in [-0.15, -0.1) is 0 Å². The average Bonchev–Trinajstić information content (AvgIpc) is 2.47. The number of methoxy groups -OCH3 is 1. The first kappa shape index (κ1) is 14.1. The van der Waals surface area contributed by atoms with Gasteiger partial charge in [-0.25, -0.2) is 0 Å². The molecule has 106 valence electrons. The number of aliphatic hydroxyl groups is 1. The first-order valence-corrected chi connectivity index (χ1v) is 6.55. The summed E-state index contributed by atoms with van der Waals surface area (Å²) in [5.74, 6) is 1.28. The Hall–Kier alpha value is -1.30. The largest absolute Gasteiger partial charge is 0.493 e. The highest BCUT2D eigenvalue weighted by Crippen LogP contribution is 2.32. The Balaban J connectivity index is 2.15. The zero-order valence-electron chi connectivity index (χ0n) is 11.2. The van der Waals surface area contributed by atoms with E-state index >= 15 is 0 Å². The van der Waals surface area contributed by atoms with Crippen molar-refractivity contribution in [3.63, 3.8) is 0 Å². The lowest BCUT2D eigenvalue weighted by atomic mass is 10.1. The van der Waals surface area contributed by atoms with E-state index in [0.717, 1.165) is 25.0 Å². The fourth-order valence-electron chi connectivity index (χ4n) is 2.11. The highest BCUT2D eigenvalue weighted by Gasteiger charge is 2.18. The van der Waals surface area contributed by atoms with Gasteiger partial charge in [0, 0.05) is 13.2 Å². The molecule has 2 atom stereocenters. The van der Waals surface area contributed by atoms with Crippen LogP contribution in [0.2, 0.25) is 0 Å². The molecule has 1 heterocycles. The van der Waals surface area contributed by atoms with Crippen molar-refractivity contribution in [3.05, 3.63) is 23.8 Å². The van der Waals surface area contributed by atoms with Crippen LogP contribution in [0.4, 0.5) is 0 Å². The van der Waals surface area contributed by atoms with E-state index in [2.05, 4.69) is 0 Å². The van der Waals surface area contributed by atoms with E-state index in [0.29, 0.717) is 18.1 Å². The van der Waals surface area contributed by atoms with Crippen molar-refractivity contribution in [2.75, 3.05) is 26.9 Å². The smallest absolute Gasteiger partial charge is 0.162 e. The van der Waals surface area contributed by atoms with Gasteiger partial charge in [0.25, 0.3) is 0 Å². The van der Waals surface area contributed by atoms with Gasteiger partial charge in [0.05, 0.1) is 19.8 Å². The second kappa shape index (κ2) is 6.75. The molecule has 0 amide bonds. The van der Waals surface area contributed by atoms with Gasteiger partial charge < -0.3 is 25.1 Å². The predicted octanol–water partition coefficient (Wildman–Crippen LogP) is 1.25. The molecule has 1 saturated heterocycles. The normalized spacial score (nSPS) is 20.9. The van der Waals surface area contributed by atoms with Crippen LogP contribution in [0.3, 0.4) is 0 Å². The van der Waals surface area contributed by atoms with Gasteiger partial charge in [-0.3, -0.25) is 0 Å². The van der Waals surface area contributed by atoms with Gasteiger partial charge in [0.1, 0.15) is 6.10 Å². The molecule has 0 aliphatic carbocycles. The molecule has 0 aromatic heterocycles. The van der Waals surface area contributed by atoms with E-state index in [4.69, 9.17) is 19.9 Å². The van der Waals surface area contributed by atoms with Gasteiger partial charge >= 0.3 is 0 Å². The molecule has 0 bridgehead atoms. The molecule has 1 fully saturated rings. The lowest BCUT2D eigenvalue weighted by molar-refractivity contribution is 0.00633. The minimum absolute atomic E-state index is 0.0351. The summed E-state index contributed by atoms with van der Waals surface area (Å²) in [6.45, 7) is 1.56. The summed E-state index contributed by atoms with van der Waals surface area (Å²) in [6.07, 6.45) is 1.31. The van der Waals surface area contributed by atoms with Crippen LogP contribution >= 0.6 is 0 Å². The standard InChI is InChI=1S/C14H21NO4/c1-17-13-5-4-10(12(16)8-15)7-14(13)19-11-3-2-6-18-9-11/h4-5,7,11-12,16H,2-3,6,8-9,15H2,1H3. The van der Waals surface area contributed by atoms with E-state index in [9.17, 15) is 5.11 Å². The predicted molar refractivity (Wildman–Crippen MR) is 71.5 cm³/mol. The molecule has 0 radical (unpaired) electrons. The summed E-state index contributed by atoms with van der Waals surface area (Å²) in [5, 5.41) is 9.78. The van der Waals surface area contributed by atoms with E-state index in [1.807, 2.05) is 0 Å². The topological polar surface area (TPSA) is 73.9 Å². The monoisotopic (exact) mass is 267 g/mol. The summed E-state index contributed by atoms with van der Waals surface area (Å²) < 4.78 is 16.6. The Morgan fingerprint density at radius 1 is 1.47 bits per heavy atom. The molecule has 1 aromatic carbocycles. The van der Waals surface area contributed by atoms with E-state index in [1.54, 1.807) is 25.3 Å². The first-order valence-electron chi connectivity index (χ1n) is 6.55. The van der Waals surface area contributed by atoms with Crippen molar-refractivity contribution in [3.8, 4) is 11.5 Å². The molecule has 0 saturated carbocycles. The number of ether oxygens (including phenoxy) is 3. The average molecular weight is 267 g/mol. The highest BCUT2D eigenvalue weighted by molar-refractivity contribution is 5.43. The van der Waals surface area contributed by atoms with Gasteiger partial charge in [-0.1, -0.05) is 6.07 Å². The van der Waals surface area contributed by atoms with E-state index < -0.39 is 6.10 Å². The first-order chi connectivity index (χ1) is 9.24. The number of hydrogen-bond donors (Lipinski definition) is 2. The van der Waals surface area contributed by atoms with Crippen LogP contribution in [0.15, 0.2) is 18.2 Å². The van der Waals surface area contributed by atoms with Crippen molar-refractivity contribution in [1.29, 1.82) is 0 Å². The van der Waals surface area contributed by atoms with Crippen molar-refractivity contribution in [2.24, 2.45) is 5.73 Å². The van der Waals surface area contributed by atoms with Gasteiger partial charge in [-0.05, 0) is 30.5 Å². The lowest BCUT2D eigenvalue weighted by Crippen LogP contribution is -2.28. The van der Waals surface area contributed by atoms with Gasteiger partial charge in [-0.2, -0.15) is 0 Å². The van der Waals surface area contributed by atoms with Gasteiger partial charge in [0.15, 0.2) is 11.5 Å². The molecule has 2 unspecified atom stereocenters. The molecule has 1 aliphatic heterocycles. The van der Waals surface area contributed by atoms with Crippen molar-refractivity contribution in [1.82, 2.24) is 0 Å². The Bertz CT molecular complexity index is 404. The number of hydrogen-bond acceptors (Lipinski definition) is 5. The molecule has 1 aromatic rings. The van der Waals surface area contributed by atoms with Crippen molar-refractivity contribution in [2.45, 2.75) is 25.0 Å². The molecule has 5 heteroatoms. The number of benzene rings is 1. The Morgan fingerprint density at radius 3 is 2.95 bits per heavy atom. The number of rotatable bonds is 5. The van der Waals surface area contributed by atoms with Crippen LogP contribution in [0.5, 0.6) is 11.5 Å².